The standard InChI is InChI=1S/C16H21ClO2/c17-14(7-5-12-3-1-2-4-12)13-6-8-15-16(11-13)19-10-9-18-15/h6,8,11-12,14H,1-5,7,9-10H2. The number of halogens is 1. The summed E-state index contributed by atoms with van der Waals surface area (Å²) < 4.78 is 11.1. The second kappa shape index (κ2) is 6.04. The smallest absolute Gasteiger partial charge is 0.161 e. The molecule has 1 atom stereocenters. The van der Waals surface area contributed by atoms with E-state index in [2.05, 4.69) is 6.07 Å². The third-order valence-corrected chi connectivity index (χ3v) is 4.70. The Bertz CT molecular complexity index is 427. The quantitative estimate of drug-likeness (QED) is 0.744. The first-order valence-electron chi connectivity index (χ1n) is 7.36. The van der Waals surface area contributed by atoms with Gasteiger partial charge in [-0.15, -0.1) is 11.6 Å². The van der Waals surface area contributed by atoms with Crippen molar-refractivity contribution in [1.82, 2.24) is 0 Å². The molecule has 2 aliphatic rings. The van der Waals surface area contributed by atoms with E-state index < -0.39 is 0 Å². The van der Waals surface area contributed by atoms with Crippen molar-refractivity contribution in [2.24, 2.45) is 5.92 Å². The van der Waals surface area contributed by atoms with Gasteiger partial charge in [0.15, 0.2) is 11.5 Å². The van der Waals surface area contributed by atoms with Crippen LogP contribution in [-0.2, 0) is 0 Å². The molecular weight excluding hydrogens is 260 g/mol. The largest absolute Gasteiger partial charge is 0.486 e. The molecule has 1 aliphatic carbocycles. The maximum Gasteiger partial charge on any atom is 0.161 e. The van der Waals surface area contributed by atoms with Gasteiger partial charge in [0.25, 0.3) is 0 Å². The molecule has 19 heavy (non-hydrogen) atoms. The molecule has 1 fully saturated rings. The molecule has 1 aromatic rings. The third-order valence-electron chi connectivity index (χ3n) is 4.23. The van der Waals surface area contributed by atoms with Crippen molar-refractivity contribution in [3.8, 4) is 11.5 Å². The summed E-state index contributed by atoms with van der Waals surface area (Å²) in [5, 5.41) is 0.0939. The van der Waals surface area contributed by atoms with E-state index in [0.717, 1.165) is 29.4 Å². The molecule has 0 spiro atoms. The van der Waals surface area contributed by atoms with Crippen LogP contribution in [0.3, 0.4) is 0 Å². The second-order valence-corrected chi connectivity index (χ2v) is 6.13. The Morgan fingerprint density at radius 1 is 1.11 bits per heavy atom. The Kier molecular flexibility index (Phi) is 4.17. The van der Waals surface area contributed by atoms with Crippen molar-refractivity contribution >= 4 is 11.6 Å². The van der Waals surface area contributed by atoms with Gasteiger partial charge in [0.05, 0.1) is 5.38 Å². The summed E-state index contributed by atoms with van der Waals surface area (Å²) in [6, 6.07) is 6.09. The molecule has 1 saturated carbocycles. The minimum Gasteiger partial charge on any atom is -0.486 e. The normalized spacial score (nSPS) is 20.5. The molecular formula is C16H21ClO2. The predicted molar refractivity (Wildman–Crippen MR) is 77.2 cm³/mol. The molecule has 0 aromatic heterocycles. The molecule has 2 nitrogen and oxygen atoms in total. The maximum absolute atomic E-state index is 6.53. The van der Waals surface area contributed by atoms with E-state index in [9.17, 15) is 0 Å². The van der Waals surface area contributed by atoms with Crippen LogP contribution in [0.15, 0.2) is 18.2 Å². The molecule has 0 bridgehead atoms. The van der Waals surface area contributed by atoms with Crippen LogP contribution in [0.25, 0.3) is 0 Å². The minimum absolute atomic E-state index is 0.0939. The van der Waals surface area contributed by atoms with Crippen LogP contribution in [0.5, 0.6) is 11.5 Å². The van der Waals surface area contributed by atoms with Crippen LogP contribution in [0.4, 0.5) is 0 Å². The van der Waals surface area contributed by atoms with E-state index in [0.29, 0.717) is 13.2 Å². The fraction of sp³-hybridized carbons (Fsp3) is 0.625. The number of rotatable bonds is 4. The summed E-state index contributed by atoms with van der Waals surface area (Å²) in [5.41, 5.74) is 1.16. The zero-order valence-electron chi connectivity index (χ0n) is 11.2. The van der Waals surface area contributed by atoms with E-state index in [4.69, 9.17) is 21.1 Å². The van der Waals surface area contributed by atoms with Gasteiger partial charge in [0.2, 0.25) is 0 Å². The molecule has 0 amide bonds. The Balaban J connectivity index is 1.60. The van der Waals surface area contributed by atoms with Crippen molar-refractivity contribution in [1.29, 1.82) is 0 Å². The second-order valence-electron chi connectivity index (χ2n) is 5.60. The van der Waals surface area contributed by atoms with Gasteiger partial charge in [-0.3, -0.25) is 0 Å². The lowest BCUT2D eigenvalue weighted by atomic mass is 9.98. The summed E-state index contributed by atoms with van der Waals surface area (Å²) in [4.78, 5) is 0. The number of hydrogen-bond donors (Lipinski definition) is 0. The first-order valence-corrected chi connectivity index (χ1v) is 7.80. The average molecular weight is 281 g/mol. The number of ether oxygens (including phenoxy) is 2. The van der Waals surface area contributed by atoms with E-state index in [1.54, 1.807) is 0 Å². The van der Waals surface area contributed by atoms with Crippen LogP contribution in [-0.4, -0.2) is 13.2 Å². The van der Waals surface area contributed by atoms with Crippen molar-refractivity contribution in [3.63, 3.8) is 0 Å². The summed E-state index contributed by atoms with van der Waals surface area (Å²) in [5.74, 6) is 2.59. The Hall–Kier alpha value is -0.890. The summed E-state index contributed by atoms with van der Waals surface area (Å²) in [6.07, 6.45) is 7.91. The molecule has 1 unspecified atom stereocenters. The summed E-state index contributed by atoms with van der Waals surface area (Å²) >= 11 is 6.53. The van der Waals surface area contributed by atoms with Gasteiger partial charge in [-0.1, -0.05) is 31.7 Å². The van der Waals surface area contributed by atoms with Crippen molar-refractivity contribution in [3.05, 3.63) is 23.8 Å². The highest BCUT2D eigenvalue weighted by Gasteiger charge is 2.19. The van der Waals surface area contributed by atoms with Crippen molar-refractivity contribution < 1.29 is 9.47 Å². The van der Waals surface area contributed by atoms with E-state index in [1.807, 2.05) is 12.1 Å². The van der Waals surface area contributed by atoms with Gasteiger partial charge >= 0.3 is 0 Å². The number of hydrogen-bond acceptors (Lipinski definition) is 2. The van der Waals surface area contributed by atoms with E-state index >= 15 is 0 Å². The highest BCUT2D eigenvalue weighted by molar-refractivity contribution is 6.20. The van der Waals surface area contributed by atoms with Crippen molar-refractivity contribution in [2.45, 2.75) is 43.9 Å². The van der Waals surface area contributed by atoms with E-state index in [1.165, 1.54) is 32.1 Å². The Morgan fingerprint density at radius 2 is 1.84 bits per heavy atom. The average Bonchev–Trinajstić information content (AvgIpc) is 2.97. The molecule has 0 N–H and O–H groups in total. The highest BCUT2D eigenvalue weighted by Crippen LogP contribution is 2.37. The zero-order valence-corrected chi connectivity index (χ0v) is 12.0. The number of alkyl halides is 1. The molecule has 0 radical (unpaired) electrons. The fourth-order valence-electron chi connectivity index (χ4n) is 3.10. The van der Waals surface area contributed by atoms with Crippen LogP contribution >= 0.6 is 11.6 Å². The Morgan fingerprint density at radius 3 is 2.63 bits per heavy atom. The molecule has 104 valence electrons. The summed E-state index contributed by atoms with van der Waals surface area (Å²) in [6.45, 7) is 1.27. The first-order chi connectivity index (χ1) is 9.33. The lowest BCUT2D eigenvalue weighted by Gasteiger charge is -2.20. The van der Waals surface area contributed by atoms with Gasteiger partial charge in [-0.05, 0) is 36.5 Å². The van der Waals surface area contributed by atoms with Crippen LogP contribution in [0, 0.1) is 5.92 Å². The Labute approximate surface area is 120 Å². The molecule has 3 rings (SSSR count). The lowest BCUT2D eigenvalue weighted by molar-refractivity contribution is 0.171. The minimum atomic E-state index is 0.0939. The highest BCUT2D eigenvalue weighted by atomic mass is 35.5. The summed E-state index contributed by atoms with van der Waals surface area (Å²) in [7, 11) is 0. The monoisotopic (exact) mass is 280 g/mol. The van der Waals surface area contributed by atoms with Crippen LogP contribution in [0.1, 0.15) is 49.5 Å². The molecule has 3 heteroatoms. The molecule has 1 aromatic carbocycles. The zero-order chi connectivity index (χ0) is 13.1. The topological polar surface area (TPSA) is 18.5 Å². The van der Waals surface area contributed by atoms with Crippen LogP contribution in [0.2, 0.25) is 0 Å². The molecule has 1 heterocycles. The van der Waals surface area contributed by atoms with Gasteiger partial charge in [0, 0.05) is 0 Å². The fourth-order valence-corrected chi connectivity index (χ4v) is 3.36. The van der Waals surface area contributed by atoms with Gasteiger partial charge in [0.1, 0.15) is 13.2 Å². The molecule has 1 aliphatic heterocycles. The number of fused-ring (bicyclic) bond motifs is 1. The van der Waals surface area contributed by atoms with Gasteiger partial charge in [-0.25, -0.2) is 0 Å². The molecule has 0 saturated heterocycles. The van der Waals surface area contributed by atoms with E-state index in [-0.39, 0.29) is 5.38 Å². The predicted octanol–water partition coefficient (Wildman–Crippen LogP) is 4.71. The maximum atomic E-state index is 6.53. The van der Waals surface area contributed by atoms with Gasteiger partial charge < -0.3 is 9.47 Å². The van der Waals surface area contributed by atoms with Crippen molar-refractivity contribution in [2.75, 3.05) is 13.2 Å². The number of benzene rings is 1. The third kappa shape index (κ3) is 3.17. The first kappa shape index (κ1) is 13.1. The SMILES string of the molecule is ClC(CCC1CCCC1)c1ccc2c(c1)OCCO2. The van der Waals surface area contributed by atoms with Gasteiger partial charge in [-0.2, -0.15) is 0 Å². The van der Waals surface area contributed by atoms with Crippen LogP contribution < -0.4 is 9.47 Å². The lowest BCUT2D eigenvalue weighted by Crippen LogP contribution is -2.15.